The van der Waals surface area contributed by atoms with Crippen molar-refractivity contribution >= 4 is 45.8 Å². The highest BCUT2D eigenvalue weighted by Crippen LogP contribution is 2.30. The highest BCUT2D eigenvalue weighted by atomic mass is 35.5. The molecule has 2 aromatic heterocycles. The van der Waals surface area contributed by atoms with Gasteiger partial charge in [0.2, 0.25) is 5.91 Å². The Morgan fingerprint density at radius 2 is 2.23 bits per heavy atom. The number of pyridine rings is 1. The van der Waals surface area contributed by atoms with Crippen molar-refractivity contribution in [2.75, 3.05) is 29.9 Å². The van der Waals surface area contributed by atoms with Crippen LogP contribution in [0.4, 0.5) is 11.5 Å². The summed E-state index contributed by atoms with van der Waals surface area (Å²) in [6.07, 6.45) is 3.46. The van der Waals surface area contributed by atoms with Gasteiger partial charge in [-0.2, -0.15) is 0 Å². The summed E-state index contributed by atoms with van der Waals surface area (Å²) in [6.45, 7) is 1.71. The van der Waals surface area contributed by atoms with Crippen molar-refractivity contribution in [3.05, 3.63) is 52.8 Å². The van der Waals surface area contributed by atoms with Crippen LogP contribution in [0.5, 0.6) is 0 Å². The first-order valence-corrected chi connectivity index (χ1v) is 10.7. The minimum atomic E-state index is -0.262. The minimum absolute atomic E-state index is 0.0166. The third-order valence-electron chi connectivity index (χ3n) is 5.62. The quantitative estimate of drug-likeness (QED) is 0.567. The minimum Gasteiger partial charge on any atom is -0.376 e. The lowest BCUT2D eigenvalue weighted by atomic mass is 10.1. The molecule has 2 aliphatic heterocycles. The van der Waals surface area contributed by atoms with Crippen LogP contribution in [0.2, 0.25) is 5.02 Å². The van der Waals surface area contributed by atoms with Gasteiger partial charge in [-0.15, -0.1) is 0 Å². The number of halogens is 1. The first kappa shape index (κ1) is 19.8. The molecule has 1 saturated heterocycles. The molecule has 9 heteroatoms. The summed E-state index contributed by atoms with van der Waals surface area (Å²) in [6, 6.07) is 9.27. The highest BCUT2D eigenvalue weighted by molar-refractivity contribution is 6.31. The number of carbonyl (C=O) groups excluding carboxylic acids is 2. The summed E-state index contributed by atoms with van der Waals surface area (Å²) in [5.41, 5.74) is 2.83. The lowest BCUT2D eigenvalue weighted by molar-refractivity contribution is -0.117. The summed E-state index contributed by atoms with van der Waals surface area (Å²) >= 11 is 6.04. The summed E-state index contributed by atoms with van der Waals surface area (Å²) in [4.78, 5) is 34.6. The Morgan fingerprint density at radius 3 is 3.06 bits per heavy atom. The zero-order chi connectivity index (χ0) is 21.4. The first-order valence-electron chi connectivity index (χ1n) is 10.3. The SMILES string of the molecule is O=C(NCc1cc2cc(Cl)ccc2[nH]1)c1cnc2c(c1)N(CC1CCCO1)C(=O)CN2. The molecule has 0 saturated carbocycles. The number of nitrogens with zero attached hydrogens (tertiary/aromatic N) is 2. The molecule has 0 radical (unpaired) electrons. The fourth-order valence-electron chi connectivity index (χ4n) is 4.04. The molecule has 1 aromatic carbocycles. The van der Waals surface area contributed by atoms with Gasteiger partial charge < -0.3 is 25.3 Å². The Balaban J connectivity index is 1.32. The van der Waals surface area contributed by atoms with Crippen molar-refractivity contribution < 1.29 is 14.3 Å². The summed E-state index contributed by atoms with van der Waals surface area (Å²) in [5.74, 6) is 0.280. The van der Waals surface area contributed by atoms with E-state index in [1.807, 2.05) is 24.3 Å². The van der Waals surface area contributed by atoms with Gasteiger partial charge in [-0.1, -0.05) is 11.6 Å². The second kappa shape index (κ2) is 8.20. The van der Waals surface area contributed by atoms with Crippen LogP contribution in [-0.2, 0) is 16.1 Å². The van der Waals surface area contributed by atoms with Gasteiger partial charge in [0.15, 0.2) is 0 Å². The number of fused-ring (bicyclic) bond motifs is 2. The fourth-order valence-corrected chi connectivity index (χ4v) is 4.22. The molecule has 0 aliphatic carbocycles. The normalized spacial score (nSPS) is 18.2. The van der Waals surface area contributed by atoms with Crippen LogP contribution < -0.4 is 15.5 Å². The number of benzene rings is 1. The average Bonchev–Trinajstić information content (AvgIpc) is 3.43. The van der Waals surface area contributed by atoms with Gasteiger partial charge >= 0.3 is 0 Å². The van der Waals surface area contributed by atoms with Crippen LogP contribution in [0.15, 0.2) is 36.5 Å². The largest absolute Gasteiger partial charge is 0.376 e. The molecule has 1 fully saturated rings. The predicted molar refractivity (Wildman–Crippen MR) is 119 cm³/mol. The predicted octanol–water partition coefficient (Wildman–Crippen LogP) is 3.08. The monoisotopic (exact) mass is 439 g/mol. The van der Waals surface area contributed by atoms with E-state index in [9.17, 15) is 9.59 Å². The zero-order valence-electron chi connectivity index (χ0n) is 16.8. The molecular formula is C22H22ClN5O3. The molecule has 8 nitrogen and oxygen atoms in total. The van der Waals surface area contributed by atoms with Gasteiger partial charge in [-0.3, -0.25) is 9.59 Å². The molecule has 3 aromatic rings. The average molecular weight is 440 g/mol. The van der Waals surface area contributed by atoms with Crippen LogP contribution >= 0.6 is 11.6 Å². The zero-order valence-corrected chi connectivity index (χ0v) is 17.5. The summed E-state index contributed by atoms with van der Waals surface area (Å²) < 4.78 is 5.69. The van der Waals surface area contributed by atoms with Gasteiger partial charge in [0.1, 0.15) is 5.82 Å². The third kappa shape index (κ3) is 4.08. The van der Waals surface area contributed by atoms with Crippen LogP contribution in [0, 0.1) is 0 Å². The number of amides is 2. The lowest BCUT2D eigenvalue weighted by Gasteiger charge is -2.31. The topological polar surface area (TPSA) is 99.3 Å². The van der Waals surface area contributed by atoms with Crippen molar-refractivity contribution in [1.29, 1.82) is 0 Å². The van der Waals surface area contributed by atoms with Crippen molar-refractivity contribution in [3.8, 4) is 0 Å². The van der Waals surface area contributed by atoms with Crippen molar-refractivity contribution in [2.45, 2.75) is 25.5 Å². The number of carbonyl (C=O) groups is 2. The number of hydrogen-bond donors (Lipinski definition) is 3. The molecule has 31 heavy (non-hydrogen) atoms. The number of rotatable bonds is 5. The number of hydrogen-bond acceptors (Lipinski definition) is 5. The molecule has 1 atom stereocenters. The number of aromatic amines is 1. The number of ether oxygens (including phenoxy) is 1. The van der Waals surface area contributed by atoms with Crippen molar-refractivity contribution in [3.63, 3.8) is 0 Å². The fraction of sp³-hybridized carbons (Fsp3) is 0.318. The van der Waals surface area contributed by atoms with E-state index >= 15 is 0 Å². The lowest BCUT2D eigenvalue weighted by Crippen LogP contribution is -2.44. The van der Waals surface area contributed by atoms with Gasteiger partial charge in [-0.25, -0.2) is 4.98 Å². The molecule has 2 aliphatic rings. The van der Waals surface area contributed by atoms with Gasteiger partial charge in [-0.05, 0) is 43.2 Å². The molecular weight excluding hydrogens is 418 g/mol. The maximum atomic E-state index is 12.8. The molecule has 160 valence electrons. The standard InChI is InChI=1S/C22H22ClN5O3/c23-15-3-4-18-13(6-15)7-16(27-18)10-26-22(30)14-8-19-21(24-9-14)25-11-20(29)28(19)12-17-2-1-5-31-17/h3-4,6-9,17,27H,1-2,5,10-12H2,(H,24,25)(H,26,30). The highest BCUT2D eigenvalue weighted by Gasteiger charge is 2.29. The Morgan fingerprint density at radius 1 is 1.32 bits per heavy atom. The first-order chi connectivity index (χ1) is 15.1. The van der Waals surface area contributed by atoms with Crippen LogP contribution in [-0.4, -0.2) is 47.6 Å². The molecule has 4 heterocycles. The molecule has 0 spiro atoms. The Labute approximate surface area is 183 Å². The van der Waals surface area contributed by atoms with Gasteiger partial charge in [0.25, 0.3) is 5.91 Å². The Hall–Kier alpha value is -3.10. The van der Waals surface area contributed by atoms with E-state index in [1.54, 1.807) is 11.0 Å². The van der Waals surface area contributed by atoms with Crippen LogP contribution in [0.25, 0.3) is 10.9 Å². The number of H-pyrrole nitrogens is 1. The van der Waals surface area contributed by atoms with Gasteiger partial charge in [0.05, 0.1) is 37.0 Å². The van der Waals surface area contributed by atoms with E-state index in [2.05, 4.69) is 20.6 Å². The smallest absolute Gasteiger partial charge is 0.253 e. The van der Waals surface area contributed by atoms with E-state index in [0.717, 1.165) is 36.0 Å². The van der Waals surface area contributed by atoms with E-state index in [4.69, 9.17) is 16.3 Å². The number of nitrogens with one attached hydrogen (secondary N) is 3. The van der Waals surface area contributed by atoms with E-state index in [-0.39, 0.29) is 24.5 Å². The van der Waals surface area contributed by atoms with Crippen LogP contribution in [0.3, 0.4) is 0 Å². The maximum absolute atomic E-state index is 12.8. The molecule has 1 unspecified atom stereocenters. The van der Waals surface area contributed by atoms with Crippen LogP contribution in [0.1, 0.15) is 28.9 Å². The third-order valence-corrected chi connectivity index (χ3v) is 5.85. The van der Waals surface area contributed by atoms with Crippen molar-refractivity contribution in [2.24, 2.45) is 0 Å². The summed E-state index contributed by atoms with van der Waals surface area (Å²) in [5, 5.41) is 7.58. The van der Waals surface area contributed by atoms with Crippen molar-refractivity contribution in [1.82, 2.24) is 15.3 Å². The van der Waals surface area contributed by atoms with E-state index in [1.165, 1.54) is 6.20 Å². The molecule has 2 amide bonds. The maximum Gasteiger partial charge on any atom is 0.253 e. The molecule has 3 N–H and O–H groups in total. The van der Waals surface area contributed by atoms with E-state index in [0.29, 0.717) is 35.2 Å². The number of anilines is 2. The molecule has 5 rings (SSSR count). The Bertz CT molecular complexity index is 1160. The molecule has 0 bridgehead atoms. The van der Waals surface area contributed by atoms with E-state index < -0.39 is 0 Å². The Kier molecular flexibility index (Phi) is 5.25. The van der Waals surface area contributed by atoms with Gasteiger partial charge in [0, 0.05) is 34.4 Å². The summed E-state index contributed by atoms with van der Waals surface area (Å²) in [7, 11) is 0. The second-order valence-corrected chi connectivity index (χ2v) is 8.23. The second-order valence-electron chi connectivity index (χ2n) is 7.79. The number of aromatic nitrogens is 2.